The number of carbonyl (C=O) groups is 2. The number of hydrogen-bond acceptors (Lipinski definition) is 6. The topological polar surface area (TPSA) is 97.8 Å². The average Bonchev–Trinajstić information content (AvgIpc) is 2.96. The van der Waals surface area contributed by atoms with E-state index < -0.39 is 17.7 Å². The van der Waals surface area contributed by atoms with Gasteiger partial charge in [0.1, 0.15) is 5.76 Å². The number of nitrogens with one attached hydrogen (secondary N) is 1. The number of carbonyl (C=O) groups excluding carboxylic acids is 2. The summed E-state index contributed by atoms with van der Waals surface area (Å²) in [6.45, 7) is 0. The maximum absolute atomic E-state index is 12.3. The highest BCUT2D eigenvalue weighted by atomic mass is 16.5. The maximum atomic E-state index is 12.3. The van der Waals surface area contributed by atoms with E-state index in [0.717, 1.165) is 0 Å². The number of ether oxygens (including phenoxy) is 2. The second-order valence-electron chi connectivity index (χ2n) is 5.35. The summed E-state index contributed by atoms with van der Waals surface area (Å²) >= 11 is 0. The van der Waals surface area contributed by atoms with Crippen LogP contribution >= 0.6 is 0 Å². The number of nitrogens with zero attached hydrogens (tertiary/aromatic N) is 1. The maximum Gasteiger partial charge on any atom is 0.293 e. The van der Waals surface area contributed by atoms with E-state index in [-0.39, 0.29) is 11.3 Å². The third-order valence-electron chi connectivity index (χ3n) is 3.94. The summed E-state index contributed by atoms with van der Waals surface area (Å²) in [5.41, 5.74) is 0.917. The molecule has 1 atom stereocenters. The first-order valence-electron chi connectivity index (χ1n) is 7.47. The minimum atomic E-state index is -0.777. The van der Waals surface area contributed by atoms with Crippen molar-refractivity contribution in [1.82, 2.24) is 10.3 Å². The zero-order valence-corrected chi connectivity index (χ0v) is 13.6. The Hall–Kier alpha value is -3.35. The highest BCUT2D eigenvalue weighted by molar-refractivity contribution is 6.46. The standard InChI is InChI=1S/C18H16N2O5/c1-24-12-6-5-10(8-13(12)25-2)16(21)14-15(20-18(23)17(14)22)11-4-3-7-19-9-11/h3-9,15,21H,1-2H3,(H,20,23)/b16-14+. The summed E-state index contributed by atoms with van der Waals surface area (Å²) in [6, 6.07) is 7.38. The zero-order chi connectivity index (χ0) is 18.0. The number of ketones is 1. The lowest BCUT2D eigenvalue weighted by molar-refractivity contribution is -0.133. The second kappa shape index (κ2) is 6.64. The first-order valence-corrected chi connectivity index (χ1v) is 7.47. The minimum absolute atomic E-state index is 0.0229. The monoisotopic (exact) mass is 340 g/mol. The van der Waals surface area contributed by atoms with Gasteiger partial charge in [0.25, 0.3) is 11.7 Å². The van der Waals surface area contributed by atoms with Gasteiger partial charge >= 0.3 is 0 Å². The Morgan fingerprint density at radius 3 is 2.56 bits per heavy atom. The third-order valence-corrected chi connectivity index (χ3v) is 3.94. The van der Waals surface area contributed by atoms with Crippen LogP contribution in [0.5, 0.6) is 11.5 Å². The Labute approximate surface area is 143 Å². The van der Waals surface area contributed by atoms with Crippen LogP contribution in [0, 0.1) is 0 Å². The van der Waals surface area contributed by atoms with Crippen LogP contribution in [0.15, 0.2) is 48.3 Å². The van der Waals surface area contributed by atoms with Crippen LogP contribution in [0.4, 0.5) is 0 Å². The molecule has 1 aromatic carbocycles. The van der Waals surface area contributed by atoms with Crippen molar-refractivity contribution < 1.29 is 24.2 Å². The van der Waals surface area contributed by atoms with Crippen molar-refractivity contribution in [3.05, 3.63) is 59.4 Å². The van der Waals surface area contributed by atoms with Crippen LogP contribution in [0.25, 0.3) is 5.76 Å². The molecule has 7 heteroatoms. The van der Waals surface area contributed by atoms with Crippen molar-refractivity contribution in [2.45, 2.75) is 6.04 Å². The third kappa shape index (κ3) is 2.91. The molecule has 1 saturated heterocycles. The molecule has 3 rings (SSSR count). The predicted octanol–water partition coefficient (Wildman–Crippen LogP) is 1.81. The van der Waals surface area contributed by atoms with Crippen molar-refractivity contribution in [2.24, 2.45) is 0 Å². The van der Waals surface area contributed by atoms with Gasteiger partial charge in [-0.1, -0.05) is 6.07 Å². The fourth-order valence-electron chi connectivity index (χ4n) is 2.70. The van der Waals surface area contributed by atoms with Gasteiger partial charge in [-0.25, -0.2) is 0 Å². The number of pyridine rings is 1. The predicted molar refractivity (Wildman–Crippen MR) is 89.2 cm³/mol. The van der Waals surface area contributed by atoms with Crippen LogP contribution in [0.3, 0.4) is 0 Å². The van der Waals surface area contributed by atoms with Crippen molar-refractivity contribution in [1.29, 1.82) is 0 Å². The largest absolute Gasteiger partial charge is 0.507 e. The van der Waals surface area contributed by atoms with Gasteiger partial charge in [-0.2, -0.15) is 0 Å². The number of aliphatic hydroxyl groups is 1. The van der Waals surface area contributed by atoms with Gasteiger partial charge in [0.2, 0.25) is 0 Å². The summed E-state index contributed by atoms with van der Waals surface area (Å²) in [5.74, 6) is -0.954. The quantitative estimate of drug-likeness (QED) is 0.500. The molecule has 0 saturated carbocycles. The first-order chi connectivity index (χ1) is 12.1. The Kier molecular flexibility index (Phi) is 4.38. The molecule has 1 aliphatic heterocycles. The molecule has 1 aliphatic rings. The minimum Gasteiger partial charge on any atom is -0.507 e. The fourth-order valence-corrected chi connectivity index (χ4v) is 2.70. The molecule has 0 spiro atoms. The van der Waals surface area contributed by atoms with Gasteiger partial charge in [-0.3, -0.25) is 14.6 Å². The van der Waals surface area contributed by atoms with Crippen molar-refractivity contribution in [2.75, 3.05) is 14.2 Å². The van der Waals surface area contributed by atoms with E-state index in [1.165, 1.54) is 26.5 Å². The highest BCUT2D eigenvalue weighted by Crippen LogP contribution is 2.35. The Bertz CT molecular complexity index is 861. The van der Waals surface area contributed by atoms with E-state index in [9.17, 15) is 14.7 Å². The molecular formula is C18H16N2O5. The molecular weight excluding hydrogens is 324 g/mol. The van der Waals surface area contributed by atoms with Crippen LogP contribution in [0.1, 0.15) is 17.2 Å². The number of methoxy groups -OCH3 is 2. The van der Waals surface area contributed by atoms with Gasteiger partial charge in [-0.15, -0.1) is 0 Å². The summed E-state index contributed by atoms with van der Waals surface area (Å²) in [7, 11) is 2.97. The van der Waals surface area contributed by atoms with E-state index in [4.69, 9.17) is 9.47 Å². The van der Waals surface area contributed by atoms with Crippen molar-refractivity contribution in [3.63, 3.8) is 0 Å². The molecule has 1 fully saturated rings. The van der Waals surface area contributed by atoms with Crippen molar-refractivity contribution >= 4 is 17.4 Å². The summed E-state index contributed by atoms with van der Waals surface area (Å²) in [6.07, 6.45) is 3.12. The van der Waals surface area contributed by atoms with E-state index >= 15 is 0 Å². The van der Waals surface area contributed by atoms with E-state index in [0.29, 0.717) is 22.6 Å². The number of Topliss-reactive ketones (excluding diaryl/α,β-unsaturated/α-hetero) is 1. The van der Waals surface area contributed by atoms with Gasteiger partial charge in [0, 0.05) is 18.0 Å². The number of hydrogen-bond donors (Lipinski definition) is 2. The van der Waals surface area contributed by atoms with Crippen LogP contribution in [-0.2, 0) is 9.59 Å². The normalized spacial score (nSPS) is 18.7. The lowest BCUT2D eigenvalue weighted by atomic mass is 9.97. The molecule has 2 heterocycles. The number of benzene rings is 1. The molecule has 0 aliphatic carbocycles. The molecule has 2 aromatic rings. The summed E-state index contributed by atoms with van der Waals surface area (Å²) in [5, 5.41) is 13.2. The molecule has 1 aromatic heterocycles. The molecule has 1 unspecified atom stereocenters. The molecule has 1 amide bonds. The lowest BCUT2D eigenvalue weighted by Gasteiger charge is -2.14. The SMILES string of the molecule is COc1ccc(/C(O)=C2\C(=O)C(=O)NC2c2cccnc2)cc1OC. The second-order valence-corrected chi connectivity index (χ2v) is 5.35. The zero-order valence-electron chi connectivity index (χ0n) is 13.6. The van der Waals surface area contributed by atoms with Gasteiger partial charge in [0.05, 0.1) is 25.8 Å². The molecule has 25 heavy (non-hydrogen) atoms. The van der Waals surface area contributed by atoms with Crippen LogP contribution < -0.4 is 14.8 Å². The van der Waals surface area contributed by atoms with Gasteiger partial charge in [0.15, 0.2) is 11.5 Å². The van der Waals surface area contributed by atoms with Crippen LogP contribution in [-0.4, -0.2) is 36.0 Å². The number of aliphatic hydroxyl groups excluding tert-OH is 1. The number of amides is 1. The summed E-state index contributed by atoms with van der Waals surface area (Å²) in [4.78, 5) is 28.1. The van der Waals surface area contributed by atoms with Crippen LogP contribution in [0.2, 0.25) is 0 Å². The highest BCUT2D eigenvalue weighted by Gasteiger charge is 2.39. The Morgan fingerprint density at radius 1 is 1.16 bits per heavy atom. The van der Waals surface area contributed by atoms with E-state index in [1.807, 2.05) is 0 Å². The lowest BCUT2D eigenvalue weighted by Crippen LogP contribution is -2.21. The number of rotatable bonds is 4. The number of aromatic nitrogens is 1. The molecule has 0 bridgehead atoms. The Morgan fingerprint density at radius 2 is 1.92 bits per heavy atom. The molecule has 2 N–H and O–H groups in total. The average molecular weight is 340 g/mol. The Balaban J connectivity index is 2.12. The van der Waals surface area contributed by atoms with Crippen molar-refractivity contribution in [3.8, 4) is 11.5 Å². The first kappa shape index (κ1) is 16.5. The van der Waals surface area contributed by atoms with E-state index in [2.05, 4.69) is 10.3 Å². The molecule has 128 valence electrons. The molecule has 7 nitrogen and oxygen atoms in total. The van der Waals surface area contributed by atoms with Gasteiger partial charge < -0.3 is 19.9 Å². The smallest absolute Gasteiger partial charge is 0.293 e. The van der Waals surface area contributed by atoms with Gasteiger partial charge in [-0.05, 0) is 29.8 Å². The fraction of sp³-hybridized carbons (Fsp3) is 0.167. The summed E-state index contributed by atoms with van der Waals surface area (Å²) < 4.78 is 10.4. The van der Waals surface area contributed by atoms with E-state index in [1.54, 1.807) is 30.5 Å². The molecule has 0 radical (unpaired) electrons.